The summed E-state index contributed by atoms with van der Waals surface area (Å²) in [6.45, 7) is 1.80. The van der Waals surface area contributed by atoms with E-state index in [0.717, 1.165) is 41.3 Å². The SMILES string of the molecule is CN1C(=O)/C(=C/c2cn(CC(=O)N3CCCC3)c3ccc(Br)cc23)C(=O)NC1=S. The number of hydrogen-bond donors (Lipinski definition) is 1. The molecule has 2 saturated heterocycles. The first-order valence-corrected chi connectivity index (χ1v) is 10.5. The van der Waals surface area contributed by atoms with E-state index in [9.17, 15) is 14.4 Å². The summed E-state index contributed by atoms with van der Waals surface area (Å²) in [6.07, 6.45) is 5.44. The van der Waals surface area contributed by atoms with Crippen LogP contribution in [0, 0.1) is 0 Å². The van der Waals surface area contributed by atoms with E-state index < -0.39 is 11.8 Å². The molecular weight excluding hydrogens is 456 g/mol. The van der Waals surface area contributed by atoms with Gasteiger partial charge in [0, 0.05) is 47.3 Å². The molecule has 0 radical (unpaired) electrons. The largest absolute Gasteiger partial charge is 0.341 e. The molecule has 29 heavy (non-hydrogen) atoms. The first kappa shape index (κ1) is 19.8. The summed E-state index contributed by atoms with van der Waals surface area (Å²) in [4.78, 5) is 40.6. The van der Waals surface area contributed by atoms with Crippen molar-refractivity contribution in [2.75, 3.05) is 20.1 Å². The van der Waals surface area contributed by atoms with Crippen molar-refractivity contribution in [1.82, 2.24) is 19.7 Å². The third-order valence-electron chi connectivity index (χ3n) is 5.24. The van der Waals surface area contributed by atoms with E-state index >= 15 is 0 Å². The Morgan fingerprint density at radius 2 is 2.00 bits per heavy atom. The second kappa shape index (κ2) is 7.72. The molecule has 2 aliphatic heterocycles. The van der Waals surface area contributed by atoms with Crippen LogP contribution in [0.1, 0.15) is 18.4 Å². The van der Waals surface area contributed by atoms with Crippen molar-refractivity contribution < 1.29 is 14.4 Å². The van der Waals surface area contributed by atoms with Gasteiger partial charge >= 0.3 is 0 Å². The standard InChI is InChI=1S/C20H19BrN4O3S/c1-23-19(28)15(18(27)22-20(23)29)8-12-10-25(11-17(26)24-6-2-3-7-24)16-5-4-13(21)9-14(12)16/h4-5,8-10H,2-3,6-7,11H2,1H3,(H,22,27,29)/b15-8+. The maximum absolute atomic E-state index is 12.6. The lowest BCUT2D eigenvalue weighted by Crippen LogP contribution is -2.52. The molecule has 1 aromatic carbocycles. The summed E-state index contributed by atoms with van der Waals surface area (Å²) < 4.78 is 2.74. The Bertz CT molecular complexity index is 1080. The van der Waals surface area contributed by atoms with E-state index in [1.54, 1.807) is 6.08 Å². The Hall–Kier alpha value is -2.52. The van der Waals surface area contributed by atoms with E-state index in [0.29, 0.717) is 5.56 Å². The van der Waals surface area contributed by atoms with Crippen LogP contribution in [0.3, 0.4) is 0 Å². The van der Waals surface area contributed by atoms with Gasteiger partial charge in [-0.05, 0) is 49.3 Å². The zero-order valence-electron chi connectivity index (χ0n) is 15.8. The number of halogens is 1. The van der Waals surface area contributed by atoms with Gasteiger partial charge in [-0.3, -0.25) is 24.6 Å². The van der Waals surface area contributed by atoms with Crippen molar-refractivity contribution >= 4 is 68.0 Å². The normalized spacial score (nSPS) is 18.8. The number of likely N-dealkylation sites (N-methyl/N-ethyl adjacent to an activating group) is 1. The second-order valence-corrected chi connectivity index (χ2v) is 8.45. The lowest BCUT2D eigenvalue weighted by Gasteiger charge is -2.24. The highest BCUT2D eigenvalue weighted by Crippen LogP contribution is 2.28. The van der Waals surface area contributed by atoms with Crippen LogP contribution >= 0.6 is 28.1 Å². The van der Waals surface area contributed by atoms with Gasteiger partial charge in [0.1, 0.15) is 12.1 Å². The number of hydrogen-bond acceptors (Lipinski definition) is 4. The van der Waals surface area contributed by atoms with Crippen LogP contribution in [-0.2, 0) is 20.9 Å². The highest BCUT2D eigenvalue weighted by atomic mass is 79.9. The van der Waals surface area contributed by atoms with Crippen LogP contribution in [0.5, 0.6) is 0 Å². The Morgan fingerprint density at radius 3 is 2.72 bits per heavy atom. The van der Waals surface area contributed by atoms with Gasteiger partial charge in [-0.25, -0.2) is 0 Å². The Labute approximate surface area is 181 Å². The van der Waals surface area contributed by atoms with Crippen molar-refractivity contribution in [2.24, 2.45) is 0 Å². The molecule has 0 atom stereocenters. The van der Waals surface area contributed by atoms with Gasteiger partial charge in [0.25, 0.3) is 11.8 Å². The number of aromatic nitrogens is 1. The smallest absolute Gasteiger partial charge is 0.265 e. The van der Waals surface area contributed by atoms with E-state index in [2.05, 4.69) is 21.2 Å². The quantitative estimate of drug-likeness (QED) is 0.420. The maximum Gasteiger partial charge on any atom is 0.265 e. The number of likely N-dealkylation sites (tertiary alicyclic amines) is 1. The summed E-state index contributed by atoms with van der Waals surface area (Å²) in [5.74, 6) is -0.914. The molecule has 1 aromatic heterocycles. The molecule has 2 aliphatic rings. The molecule has 7 nitrogen and oxygen atoms in total. The topological polar surface area (TPSA) is 74.7 Å². The Morgan fingerprint density at radius 1 is 1.28 bits per heavy atom. The van der Waals surface area contributed by atoms with Gasteiger partial charge in [-0.1, -0.05) is 15.9 Å². The lowest BCUT2D eigenvalue weighted by atomic mass is 10.1. The van der Waals surface area contributed by atoms with Crippen LogP contribution in [0.25, 0.3) is 17.0 Å². The van der Waals surface area contributed by atoms with Crippen molar-refractivity contribution in [3.05, 3.63) is 40.0 Å². The molecule has 0 spiro atoms. The number of carbonyl (C=O) groups excluding carboxylic acids is 3. The van der Waals surface area contributed by atoms with Crippen molar-refractivity contribution in [2.45, 2.75) is 19.4 Å². The highest BCUT2D eigenvalue weighted by molar-refractivity contribution is 9.10. The first-order chi connectivity index (χ1) is 13.8. The fraction of sp³-hybridized carbons (Fsp3) is 0.300. The molecule has 0 aliphatic carbocycles. The fourth-order valence-electron chi connectivity index (χ4n) is 3.66. The zero-order valence-corrected chi connectivity index (χ0v) is 18.2. The monoisotopic (exact) mass is 474 g/mol. The van der Waals surface area contributed by atoms with Gasteiger partial charge in [-0.15, -0.1) is 0 Å². The molecule has 1 N–H and O–H groups in total. The first-order valence-electron chi connectivity index (χ1n) is 9.26. The zero-order chi connectivity index (χ0) is 20.7. The second-order valence-electron chi connectivity index (χ2n) is 7.14. The predicted octanol–water partition coefficient (Wildman–Crippen LogP) is 2.28. The molecule has 0 unspecified atom stereocenters. The predicted molar refractivity (Wildman–Crippen MR) is 117 cm³/mol. The summed E-state index contributed by atoms with van der Waals surface area (Å²) in [5, 5.41) is 3.44. The molecule has 2 fully saturated rings. The van der Waals surface area contributed by atoms with Gasteiger partial charge < -0.3 is 9.47 Å². The number of amides is 3. The molecule has 150 valence electrons. The number of carbonyl (C=O) groups is 3. The number of thiocarbonyl (C=S) groups is 1. The minimum Gasteiger partial charge on any atom is -0.341 e. The molecule has 3 amide bonds. The molecule has 9 heteroatoms. The average Bonchev–Trinajstić information content (AvgIpc) is 3.32. The highest BCUT2D eigenvalue weighted by Gasteiger charge is 2.31. The number of nitrogens with zero attached hydrogens (tertiary/aromatic N) is 3. The molecule has 0 saturated carbocycles. The number of rotatable bonds is 3. The van der Waals surface area contributed by atoms with Crippen molar-refractivity contribution in [3.8, 4) is 0 Å². The van der Waals surface area contributed by atoms with E-state index in [1.807, 2.05) is 33.9 Å². The van der Waals surface area contributed by atoms with Crippen molar-refractivity contribution in [3.63, 3.8) is 0 Å². The van der Waals surface area contributed by atoms with Crippen LogP contribution in [-0.4, -0.2) is 57.3 Å². The van der Waals surface area contributed by atoms with Gasteiger partial charge in [0.05, 0.1) is 0 Å². The number of fused-ring (bicyclic) bond motifs is 1. The number of benzene rings is 1. The van der Waals surface area contributed by atoms with Crippen LogP contribution < -0.4 is 5.32 Å². The van der Waals surface area contributed by atoms with Crippen molar-refractivity contribution in [1.29, 1.82) is 0 Å². The fourth-order valence-corrected chi connectivity index (χ4v) is 4.19. The van der Waals surface area contributed by atoms with E-state index in [4.69, 9.17) is 12.2 Å². The Kier molecular flexibility index (Phi) is 5.26. The van der Waals surface area contributed by atoms with Gasteiger partial charge in [0.2, 0.25) is 5.91 Å². The molecule has 3 heterocycles. The summed E-state index contributed by atoms with van der Waals surface area (Å²) >= 11 is 8.46. The van der Waals surface area contributed by atoms with E-state index in [-0.39, 0.29) is 23.1 Å². The third-order valence-corrected chi connectivity index (χ3v) is 6.11. The average molecular weight is 475 g/mol. The van der Waals surface area contributed by atoms with Crippen LogP contribution in [0.4, 0.5) is 0 Å². The minimum absolute atomic E-state index is 0.00555. The summed E-state index contributed by atoms with van der Waals surface area (Å²) in [7, 11) is 1.52. The van der Waals surface area contributed by atoms with Gasteiger partial charge in [0.15, 0.2) is 5.11 Å². The van der Waals surface area contributed by atoms with Crippen LogP contribution in [0.15, 0.2) is 34.4 Å². The Balaban J connectivity index is 1.75. The summed E-state index contributed by atoms with van der Waals surface area (Å²) in [5.41, 5.74) is 1.56. The number of nitrogens with one attached hydrogen (secondary N) is 1. The molecule has 4 rings (SSSR count). The minimum atomic E-state index is -0.526. The summed E-state index contributed by atoms with van der Waals surface area (Å²) in [6, 6.07) is 5.74. The van der Waals surface area contributed by atoms with Crippen LogP contribution in [0.2, 0.25) is 0 Å². The van der Waals surface area contributed by atoms with E-state index in [1.165, 1.54) is 11.9 Å². The maximum atomic E-state index is 12.6. The molecule has 0 bridgehead atoms. The van der Waals surface area contributed by atoms with Gasteiger partial charge in [-0.2, -0.15) is 0 Å². The third kappa shape index (κ3) is 3.72. The lowest BCUT2D eigenvalue weighted by molar-refractivity contribution is -0.131. The molecular formula is C20H19BrN4O3S. The molecule has 2 aromatic rings.